The topological polar surface area (TPSA) is 9.23 Å². The molecule has 0 aliphatic carbocycles. The highest BCUT2D eigenvalue weighted by Crippen LogP contribution is 2.44. The summed E-state index contributed by atoms with van der Waals surface area (Å²) in [7, 11) is 1.55. The average Bonchev–Trinajstić information content (AvgIpc) is 2.67. The van der Waals surface area contributed by atoms with Crippen LogP contribution >= 0.6 is 43.2 Å². The predicted octanol–water partition coefficient (Wildman–Crippen LogP) is 5.45. The maximum atomic E-state index is 14.0. The Hall–Kier alpha value is -0.390. The van der Waals surface area contributed by atoms with Gasteiger partial charge in [-0.3, -0.25) is 0 Å². The smallest absolute Gasteiger partial charge is 0.131 e. The molecule has 2 rings (SSSR count). The van der Waals surface area contributed by atoms with Crippen molar-refractivity contribution >= 4 is 43.2 Å². The maximum Gasteiger partial charge on any atom is 0.131 e. The summed E-state index contributed by atoms with van der Waals surface area (Å²) in [5.41, 5.74) is 0.530. The van der Waals surface area contributed by atoms with Crippen molar-refractivity contribution in [3.63, 3.8) is 0 Å². The molecule has 0 aliphatic rings. The second-order valence-corrected chi connectivity index (χ2v) is 6.85. The van der Waals surface area contributed by atoms with Crippen LogP contribution in [0.25, 0.3) is 0 Å². The molecule has 1 aromatic carbocycles. The zero-order valence-corrected chi connectivity index (χ0v) is 13.8. The largest absolute Gasteiger partial charge is 0.496 e. The van der Waals surface area contributed by atoms with Gasteiger partial charge in [-0.15, -0.1) is 11.3 Å². The summed E-state index contributed by atoms with van der Waals surface area (Å²) >= 11 is 8.69. The quantitative estimate of drug-likeness (QED) is 0.630. The van der Waals surface area contributed by atoms with E-state index in [1.165, 1.54) is 10.9 Å². The Bertz CT molecular complexity index is 568. The zero-order chi connectivity index (χ0) is 13.3. The van der Waals surface area contributed by atoms with Crippen molar-refractivity contribution in [1.29, 1.82) is 0 Å². The van der Waals surface area contributed by atoms with E-state index in [1.807, 2.05) is 13.0 Å². The SMILES string of the molecule is COc1cccc(F)c1C(Br)c1sc(C)cc1Br. The van der Waals surface area contributed by atoms with E-state index in [-0.39, 0.29) is 10.6 Å². The number of rotatable bonds is 3. The molecule has 0 spiro atoms. The van der Waals surface area contributed by atoms with Crippen molar-refractivity contribution in [3.8, 4) is 5.75 Å². The highest BCUT2D eigenvalue weighted by atomic mass is 79.9. The van der Waals surface area contributed by atoms with Gasteiger partial charge >= 0.3 is 0 Å². The zero-order valence-electron chi connectivity index (χ0n) is 9.84. The molecule has 18 heavy (non-hydrogen) atoms. The summed E-state index contributed by atoms with van der Waals surface area (Å²) in [6, 6.07) is 6.88. The third-order valence-electron chi connectivity index (χ3n) is 2.55. The van der Waals surface area contributed by atoms with Crippen molar-refractivity contribution in [3.05, 3.63) is 49.9 Å². The van der Waals surface area contributed by atoms with Crippen molar-refractivity contribution < 1.29 is 9.13 Å². The lowest BCUT2D eigenvalue weighted by Gasteiger charge is -2.14. The molecule has 0 radical (unpaired) electrons. The molecular formula is C13H11Br2FOS. The van der Waals surface area contributed by atoms with Crippen molar-refractivity contribution in [1.82, 2.24) is 0 Å². The first-order valence-corrected chi connectivity index (χ1v) is 7.79. The number of halogens is 3. The predicted molar refractivity (Wildman–Crippen MR) is 80.5 cm³/mol. The van der Waals surface area contributed by atoms with Crippen LogP contribution < -0.4 is 4.74 Å². The van der Waals surface area contributed by atoms with E-state index in [1.54, 1.807) is 30.6 Å². The molecule has 1 nitrogen and oxygen atoms in total. The maximum absolute atomic E-state index is 14.0. The van der Waals surface area contributed by atoms with Gasteiger partial charge in [0.05, 0.1) is 11.9 Å². The number of thiophene rings is 1. The van der Waals surface area contributed by atoms with Crippen molar-refractivity contribution in [2.75, 3.05) is 7.11 Å². The number of hydrogen-bond acceptors (Lipinski definition) is 2. The molecule has 0 amide bonds. The van der Waals surface area contributed by atoms with Gasteiger partial charge in [-0.2, -0.15) is 0 Å². The first-order valence-electron chi connectivity index (χ1n) is 5.27. The van der Waals surface area contributed by atoms with Crippen LogP contribution in [0.4, 0.5) is 4.39 Å². The molecule has 0 aliphatic heterocycles. The molecule has 96 valence electrons. The van der Waals surface area contributed by atoms with Crippen LogP contribution in [0.2, 0.25) is 0 Å². The van der Waals surface area contributed by atoms with Crippen LogP contribution in [-0.2, 0) is 0 Å². The number of alkyl halides is 1. The Kier molecular flexibility index (Phi) is 4.45. The molecule has 0 bridgehead atoms. The molecule has 1 heterocycles. The third kappa shape index (κ3) is 2.63. The van der Waals surface area contributed by atoms with Gasteiger partial charge in [0, 0.05) is 19.8 Å². The van der Waals surface area contributed by atoms with Gasteiger partial charge in [0.2, 0.25) is 0 Å². The minimum absolute atomic E-state index is 0.221. The van der Waals surface area contributed by atoms with Crippen LogP contribution in [0, 0.1) is 12.7 Å². The molecule has 2 aromatic rings. The van der Waals surface area contributed by atoms with Gasteiger partial charge < -0.3 is 4.74 Å². The monoisotopic (exact) mass is 392 g/mol. The summed E-state index contributed by atoms with van der Waals surface area (Å²) in [5, 5.41) is 0. The minimum atomic E-state index is -0.269. The average molecular weight is 394 g/mol. The van der Waals surface area contributed by atoms with Crippen LogP contribution in [0.1, 0.15) is 20.1 Å². The fourth-order valence-electron chi connectivity index (χ4n) is 1.75. The summed E-state index contributed by atoms with van der Waals surface area (Å²) in [6.45, 7) is 2.03. The van der Waals surface area contributed by atoms with Gasteiger partial charge in [-0.1, -0.05) is 22.0 Å². The van der Waals surface area contributed by atoms with E-state index in [9.17, 15) is 4.39 Å². The number of benzene rings is 1. The summed E-state index contributed by atoms with van der Waals surface area (Å²) in [4.78, 5) is 1.99. The van der Waals surface area contributed by atoms with Crippen LogP contribution in [-0.4, -0.2) is 7.11 Å². The lowest BCUT2D eigenvalue weighted by atomic mass is 10.1. The molecule has 1 atom stereocenters. The van der Waals surface area contributed by atoms with E-state index >= 15 is 0 Å². The first-order chi connectivity index (χ1) is 8.54. The highest BCUT2D eigenvalue weighted by molar-refractivity contribution is 9.11. The van der Waals surface area contributed by atoms with E-state index < -0.39 is 0 Å². The number of aryl methyl sites for hydroxylation is 1. The molecule has 5 heteroatoms. The molecule has 1 aromatic heterocycles. The lowest BCUT2D eigenvalue weighted by molar-refractivity contribution is 0.405. The van der Waals surface area contributed by atoms with Gasteiger partial charge in [0.25, 0.3) is 0 Å². The Balaban J connectivity index is 2.52. The van der Waals surface area contributed by atoms with Crippen molar-refractivity contribution in [2.24, 2.45) is 0 Å². The third-order valence-corrected chi connectivity index (χ3v) is 5.81. The standard InChI is InChI=1S/C13H11Br2FOS/c1-7-6-8(14)13(18-7)12(15)11-9(16)4-3-5-10(11)17-2/h3-6,12H,1-2H3. The van der Waals surface area contributed by atoms with Crippen LogP contribution in [0.15, 0.2) is 28.7 Å². The second-order valence-electron chi connectivity index (χ2n) is 3.79. The second kappa shape index (κ2) is 5.72. The minimum Gasteiger partial charge on any atom is -0.496 e. The highest BCUT2D eigenvalue weighted by Gasteiger charge is 2.23. The van der Waals surface area contributed by atoms with E-state index in [2.05, 4.69) is 31.9 Å². The van der Waals surface area contributed by atoms with Crippen LogP contribution in [0.3, 0.4) is 0 Å². The number of ether oxygens (including phenoxy) is 1. The number of methoxy groups -OCH3 is 1. The molecular weight excluding hydrogens is 383 g/mol. The van der Waals surface area contributed by atoms with Gasteiger partial charge in [-0.25, -0.2) is 4.39 Å². The number of hydrogen-bond donors (Lipinski definition) is 0. The Morgan fingerprint density at radius 1 is 1.39 bits per heavy atom. The molecule has 1 unspecified atom stereocenters. The first kappa shape index (κ1) is 14.0. The van der Waals surface area contributed by atoms with E-state index in [0.29, 0.717) is 11.3 Å². The normalized spacial score (nSPS) is 12.5. The van der Waals surface area contributed by atoms with Gasteiger partial charge in [0.1, 0.15) is 11.6 Å². The van der Waals surface area contributed by atoms with Gasteiger partial charge in [0.15, 0.2) is 0 Å². The molecule has 0 saturated heterocycles. The Morgan fingerprint density at radius 2 is 2.11 bits per heavy atom. The summed E-state index contributed by atoms with van der Waals surface area (Å²) < 4.78 is 20.2. The lowest BCUT2D eigenvalue weighted by Crippen LogP contribution is -1.99. The molecule has 0 saturated carbocycles. The van der Waals surface area contributed by atoms with Crippen molar-refractivity contribution in [2.45, 2.75) is 11.8 Å². The van der Waals surface area contributed by atoms with E-state index in [4.69, 9.17) is 4.74 Å². The summed E-state index contributed by atoms with van der Waals surface area (Å²) in [6.07, 6.45) is 0. The fourth-order valence-corrected chi connectivity index (χ4v) is 4.89. The Labute approximate surface area is 126 Å². The summed E-state index contributed by atoms with van der Waals surface area (Å²) in [5.74, 6) is 0.281. The Morgan fingerprint density at radius 3 is 2.67 bits per heavy atom. The molecule has 0 N–H and O–H groups in total. The fraction of sp³-hybridized carbons (Fsp3) is 0.231. The van der Waals surface area contributed by atoms with Crippen LogP contribution in [0.5, 0.6) is 5.75 Å². The van der Waals surface area contributed by atoms with E-state index in [0.717, 1.165) is 9.35 Å². The van der Waals surface area contributed by atoms with Gasteiger partial charge in [-0.05, 0) is 41.1 Å². The molecule has 0 fully saturated rings.